The second kappa shape index (κ2) is 5.63. The molecule has 6 heteroatoms. The summed E-state index contributed by atoms with van der Waals surface area (Å²) in [6.07, 6.45) is 0. The Labute approximate surface area is 101 Å². The van der Waals surface area contributed by atoms with Gasteiger partial charge in [-0.25, -0.2) is 8.42 Å². The van der Waals surface area contributed by atoms with Gasteiger partial charge in [-0.05, 0) is 18.2 Å². The molecule has 4 nitrogen and oxygen atoms in total. The third-order valence-corrected chi connectivity index (χ3v) is 4.34. The SMILES string of the molecule is CCN(CCO)S(=O)(=O)c1cccc(Cl)c1. The number of halogens is 1. The number of hydrogen-bond acceptors (Lipinski definition) is 3. The van der Waals surface area contributed by atoms with Gasteiger partial charge in [0.1, 0.15) is 0 Å². The molecule has 0 heterocycles. The molecule has 16 heavy (non-hydrogen) atoms. The molecule has 0 spiro atoms. The van der Waals surface area contributed by atoms with Crippen LogP contribution in [0.5, 0.6) is 0 Å². The van der Waals surface area contributed by atoms with Crippen LogP contribution >= 0.6 is 11.6 Å². The summed E-state index contributed by atoms with van der Waals surface area (Å²) in [7, 11) is -3.55. The average Bonchev–Trinajstić information content (AvgIpc) is 2.25. The first-order valence-electron chi connectivity index (χ1n) is 4.89. The standard InChI is InChI=1S/C10H14ClNO3S/c1-2-12(6-7-13)16(14,15)10-5-3-4-9(11)8-10/h3-5,8,13H,2,6-7H2,1H3. The molecule has 1 rings (SSSR count). The number of sulfonamides is 1. The Morgan fingerprint density at radius 3 is 2.62 bits per heavy atom. The molecule has 0 atom stereocenters. The number of benzene rings is 1. The monoisotopic (exact) mass is 263 g/mol. The van der Waals surface area contributed by atoms with E-state index in [2.05, 4.69) is 0 Å². The van der Waals surface area contributed by atoms with E-state index in [1.165, 1.54) is 16.4 Å². The van der Waals surface area contributed by atoms with Crippen LogP contribution in [0.25, 0.3) is 0 Å². The molecule has 0 saturated carbocycles. The zero-order valence-corrected chi connectivity index (χ0v) is 10.5. The van der Waals surface area contributed by atoms with Crippen LogP contribution < -0.4 is 0 Å². The molecule has 0 aliphatic heterocycles. The van der Waals surface area contributed by atoms with E-state index in [9.17, 15) is 8.42 Å². The topological polar surface area (TPSA) is 57.6 Å². The van der Waals surface area contributed by atoms with E-state index < -0.39 is 10.0 Å². The van der Waals surface area contributed by atoms with Crippen LogP contribution in [0.4, 0.5) is 0 Å². The van der Waals surface area contributed by atoms with Gasteiger partial charge in [-0.1, -0.05) is 24.6 Å². The molecule has 90 valence electrons. The van der Waals surface area contributed by atoms with Gasteiger partial charge in [-0.2, -0.15) is 4.31 Å². The predicted molar refractivity (Wildman–Crippen MR) is 63.0 cm³/mol. The van der Waals surface area contributed by atoms with Crippen molar-refractivity contribution in [2.45, 2.75) is 11.8 Å². The van der Waals surface area contributed by atoms with Crippen molar-refractivity contribution in [1.82, 2.24) is 4.31 Å². The van der Waals surface area contributed by atoms with Crippen LogP contribution in [0.15, 0.2) is 29.2 Å². The minimum atomic E-state index is -3.55. The first kappa shape index (κ1) is 13.4. The second-order valence-electron chi connectivity index (χ2n) is 3.18. The molecule has 0 aromatic heterocycles. The zero-order valence-electron chi connectivity index (χ0n) is 8.93. The van der Waals surface area contributed by atoms with Gasteiger partial charge in [0.15, 0.2) is 0 Å². The van der Waals surface area contributed by atoms with Crippen molar-refractivity contribution in [3.05, 3.63) is 29.3 Å². The lowest BCUT2D eigenvalue weighted by Gasteiger charge is -2.19. The Morgan fingerprint density at radius 2 is 2.12 bits per heavy atom. The molecular formula is C10H14ClNO3S. The summed E-state index contributed by atoms with van der Waals surface area (Å²) in [6, 6.07) is 6.09. The molecule has 0 unspecified atom stereocenters. The van der Waals surface area contributed by atoms with E-state index in [0.29, 0.717) is 11.6 Å². The Hall–Kier alpha value is -0.620. The summed E-state index contributed by atoms with van der Waals surface area (Å²) >= 11 is 5.74. The highest BCUT2D eigenvalue weighted by molar-refractivity contribution is 7.89. The minimum Gasteiger partial charge on any atom is -0.395 e. The maximum absolute atomic E-state index is 12.1. The lowest BCUT2D eigenvalue weighted by Crippen LogP contribution is -2.33. The van der Waals surface area contributed by atoms with Crippen molar-refractivity contribution in [1.29, 1.82) is 0 Å². The minimum absolute atomic E-state index is 0.0886. The largest absolute Gasteiger partial charge is 0.395 e. The molecule has 1 N–H and O–H groups in total. The fraction of sp³-hybridized carbons (Fsp3) is 0.400. The van der Waals surface area contributed by atoms with E-state index in [-0.39, 0.29) is 18.0 Å². The first-order valence-corrected chi connectivity index (χ1v) is 6.70. The summed E-state index contributed by atoms with van der Waals surface area (Å²) in [5.74, 6) is 0. The van der Waals surface area contributed by atoms with Crippen molar-refractivity contribution >= 4 is 21.6 Å². The number of rotatable bonds is 5. The van der Waals surface area contributed by atoms with Gasteiger partial charge < -0.3 is 5.11 Å². The number of hydrogen-bond donors (Lipinski definition) is 1. The lowest BCUT2D eigenvalue weighted by molar-refractivity contribution is 0.257. The molecule has 0 aliphatic carbocycles. The Balaban J connectivity index is 3.09. The van der Waals surface area contributed by atoms with Gasteiger partial charge in [0, 0.05) is 18.1 Å². The summed E-state index contributed by atoms with van der Waals surface area (Å²) in [4.78, 5) is 0.148. The third-order valence-electron chi connectivity index (χ3n) is 2.14. The van der Waals surface area contributed by atoms with E-state index >= 15 is 0 Å². The van der Waals surface area contributed by atoms with Gasteiger partial charge in [0.2, 0.25) is 10.0 Å². The van der Waals surface area contributed by atoms with Gasteiger partial charge in [-0.15, -0.1) is 0 Å². The molecule has 0 radical (unpaired) electrons. The van der Waals surface area contributed by atoms with E-state index in [1.807, 2.05) is 0 Å². The molecule has 0 aliphatic rings. The van der Waals surface area contributed by atoms with E-state index in [1.54, 1.807) is 19.1 Å². The second-order valence-corrected chi connectivity index (χ2v) is 5.55. The van der Waals surface area contributed by atoms with Crippen molar-refractivity contribution in [3.8, 4) is 0 Å². The fourth-order valence-corrected chi connectivity index (χ4v) is 3.08. The predicted octanol–water partition coefficient (Wildman–Crippen LogP) is 1.34. The molecule has 0 bridgehead atoms. The number of nitrogens with zero attached hydrogens (tertiary/aromatic N) is 1. The van der Waals surface area contributed by atoms with Gasteiger partial charge >= 0.3 is 0 Å². The van der Waals surface area contributed by atoms with E-state index in [4.69, 9.17) is 16.7 Å². The molecule has 1 aromatic rings. The van der Waals surface area contributed by atoms with Crippen LogP contribution in [0.1, 0.15) is 6.92 Å². The summed E-state index contributed by atoms with van der Waals surface area (Å²) in [5.41, 5.74) is 0. The maximum atomic E-state index is 12.1. The third kappa shape index (κ3) is 2.95. The van der Waals surface area contributed by atoms with Crippen molar-refractivity contribution in [2.24, 2.45) is 0 Å². The normalized spacial score (nSPS) is 12.0. The molecular weight excluding hydrogens is 250 g/mol. The highest BCUT2D eigenvalue weighted by Crippen LogP contribution is 2.19. The van der Waals surface area contributed by atoms with Crippen LogP contribution in [-0.4, -0.2) is 37.5 Å². The quantitative estimate of drug-likeness (QED) is 0.872. The van der Waals surface area contributed by atoms with Crippen molar-refractivity contribution in [3.63, 3.8) is 0 Å². The van der Waals surface area contributed by atoms with Crippen LogP contribution in [-0.2, 0) is 10.0 Å². The molecule has 0 amide bonds. The highest BCUT2D eigenvalue weighted by Gasteiger charge is 2.22. The fourth-order valence-electron chi connectivity index (χ4n) is 1.34. The number of aliphatic hydroxyl groups is 1. The first-order chi connectivity index (χ1) is 7.52. The zero-order chi connectivity index (χ0) is 12.2. The van der Waals surface area contributed by atoms with Gasteiger partial charge in [-0.3, -0.25) is 0 Å². The molecule has 1 aromatic carbocycles. The maximum Gasteiger partial charge on any atom is 0.243 e. The number of aliphatic hydroxyl groups excluding tert-OH is 1. The lowest BCUT2D eigenvalue weighted by atomic mass is 10.4. The Morgan fingerprint density at radius 1 is 1.44 bits per heavy atom. The average molecular weight is 264 g/mol. The molecule has 0 saturated heterocycles. The van der Waals surface area contributed by atoms with Gasteiger partial charge in [0.05, 0.1) is 11.5 Å². The summed E-state index contributed by atoms with van der Waals surface area (Å²) in [5, 5.41) is 9.18. The Kier molecular flexibility index (Phi) is 4.73. The van der Waals surface area contributed by atoms with Crippen molar-refractivity contribution < 1.29 is 13.5 Å². The highest BCUT2D eigenvalue weighted by atomic mass is 35.5. The molecule has 0 fully saturated rings. The van der Waals surface area contributed by atoms with Crippen LogP contribution in [0.2, 0.25) is 5.02 Å². The smallest absolute Gasteiger partial charge is 0.243 e. The van der Waals surface area contributed by atoms with E-state index in [0.717, 1.165) is 0 Å². The van der Waals surface area contributed by atoms with Crippen LogP contribution in [0.3, 0.4) is 0 Å². The van der Waals surface area contributed by atoms with Gasteiger partial charge in [0.25, 0.3) is 0 Å². The van der Waals surface area contributed by atoms with Crippen LogP contribution in [0, 0.1) is 0 Å². The Bertz CT molecular complexity index is 447. The summed E-state index contributed by atoms with van der Waals surface area (Å²) < 4.78 is 25.3. The van der Waals surface area contributed by atoms with Crippen molar-refractivity contribution in [2.75, 3.05) is 19.7 Å². The number of likely N-dealkylation sites (N-methyl/N-ethyl adjacent to an activating group) is 1. The summed E-state index contributed by atoms with van der Waals surface area (Å²) in [6.45, 7) is 1.92.